The van der Waals surface area contributed by atoms with Crippen LogP contribution in [-0.2, 0) is 22.9 Å². The highest BCUT2D eigenvalue weighted by Crippen LogP contribution is 2.25. The Balaban J connectivity index is 1.89. The molecule has 1 aliphatic carbocycles. The van der Waals surface area contributed by atoms with E-state index < -0.39 is 10.0 Å². The van der Waals surface area contributed by atoms with E-state index in [1.165, 1.54) is 18.2 Å². The van der Waals surface area contributed by atoms with Gasteiger partial charge in [-0.15, -0.1) is 0 Å². The van der Waals surface area contributed by atoms with Crippen LogP contribution in [0.1, 0.15) is 24.0 Å². The van der Waals surface area contributed by atoms with E-state index in [1.807, 2.05) is 6.07 Å². The van der Waals surface area contributed by atoms with Crippen LogP contribution in [0.3, 0.4) is 0 Å². The third-order valence-electron chi connectivity index (χ3n) is 3.61. The summed E-state index contributed by atoms with van der Waals surface area (Å²) in [6, 6.07) is 8.78. The maximum atomic E-state index is 12.4. The van der Waals surface area contributed by atoms with Gasteiger partial charge in [0.25, 0.3) is 10.0 Å². The van der Waals surface area contributed by atoms with Gasteiger partial charge in [-0.3, -0.25) is 4.72 Å². The Hall–Kier alpha value is -1.40. The zero-order chi connectivity index (χ0) is 14.9. The molecule has 21 heavy (non-hydrogen) atoms. The van der Waals surface area contributed by atoms with Gasteiger partial charge in [0.05, 0.1) is 16.8 Å². The lowest BCUT2D eigenvalue weighted by Crippen LogP contribution is -2.14. The highest BCUT2D eigenvalue weighted by atomic mass is 79.9. The molecule has 1 aromatic heterocycles. The number of hydrogen-bond acceptors (Lipinski definition) is 3. The first-order valence-electron chi connectivity index (χ1n) is 6.81. The Kier molecular flexibility index (Phi) is 3.99. The van der Waals surface area contributed by atoms with Gasteiger partial charge in [-0.2, -0.15) is 0 Å². The minimum Gasteiger partial charge on any atom is -0.278 e. The first kappa shape index (κ1) is 14.5. The van der Waals surface area contributed by atoms with Crippen LogP contribution < -0.4 is 4.72 Å². The quantitative estimate of drug-likeness (QED) is 0.845. The number of nitrogens with zero attached hydrogens (tertiary/aromatic N) is 1. The lowest BCUT2D eigenvalue weighted by Gasteiger charge is -2.17. The van der Waals surface area contributed by atoms with Crippen molar-refractivity contribution in [2.24, 2.45) is 0 Å². The summed E-state index contributed by atoms with van der Waals surface area (Å²) in [7, 11) is -3.56. The van der Waals surface area contributed by atoms with Crippen molar-refractivity contribution in [3.8, 4) is 0 Å². The molecule has 0 aliphatic heterocycles. The summed E-state index contributed by atoms with van der Waals surface area (Å²) in [6.45, 7) is 0. The van der Waals surface area contributed by atoms with E-state index in [4.69, 9.17) is 0 Å². The average Bonchev–Trinajstić information content (AvgIpc) is 2.49. The first-order chi connectivity index (χ1) is 10.0. The van der Waals surface area contributed by atoms with Crippen LogP contribution in [-0.4, -0.2) is 13.4 Å². The zero-order valence-electron chi connectivity index (χ0n) is 11.3. The summed E-state index contributed by atoms with van der Waals surface area (Å²) in [5, 5.41) is 0. The van der Waals surface area contributed by atoms with Crippen molar-refractivity contribution in [3.05, 3.63) is 52.3 Å². The molecule has 2 aromatic rings. The largest absolute Gasteiger partial charge is 0.278 e. The highest BCUT2D eigenvalue weighted by molar-refractivity contribution is 9.10. The van der Waals surface area contributed by atoms with E-state index in [0.717, 1.165) is 24.8 Å². The molecular formula is C15H15BrN2O2S. The van der Waals surface area contributed by atoms with Crippen LogP contribution in [0.2, 0.25) is 0 Å². The zero-order valence-corrected chi connectivity index (χ0v) is 13.7. The molecule has 1 N–H and O–H groups in total. The minimum atomic E-state index is -3.56. The molecule has 0 atom stereocenters. The van der Waals surface area contributed by atoms with Gasteiger partial charge in [0.15, 0.2) is 0 Å². The number of pyridine rings is 1. The number of hydrogen-bond donors (Lipinski definition) is 1. The van der Waals surface area contributed by atoms with Gasteiger partial charge in [-0.1, -0.05) is 6.07 Å². The van der Waals surface area contributed by atoms with Crippen LogP contribution >= 0.6 is 15.9 Å². The van der Waals surface area contributed by atoms with E-state index in [-0.39, 0.29) is 0 Å². The van der Waals surface area contributed by atoms with Crippen molar-refractivity contribution in [1.82, 2.24) is 4.98 Å². The van der Waals surface area contributed by atoms with Crippen LogP contribution in [0.25, 0.3) is 0 Å². The minimum absolute atomic E-state index is 0.311. The maximum Gasteiger partial charge on any atom is 0.261 e. The van der Waals surface area contributed by atoms with Crippen molar-refractivity contribution in [3.63, 3.8) is 0 Å². The van der Waals surface area contributed by atoms with Gasteiger partial charge >= 0.3 is 0 Å². The lowest BCUT2D eigenvalue weighted by molar-refractivity contribution is 0.600. The van der Waals surface area contributed by atoms with Crippen LogP contribution in [0.5, 0.6) is 0 Å². The Morgan fingerprint density at radius 2 is 1.81 bits per heavy atom. The van der Waals surface area contributed by atoms with E-state index >= 15 is 0 Å². The van der Waals surface area contributed by atoms with Gasteiger partial charge in [-0.25, -0.2) is 13.4 Å². The van der Waals surface area contributed by atoms with E-state index in [0.29, 0.717) is 15.2 Å². The Morgan fingerprint density at radius 1 is 1.05 bits per heavy atom. The van der Waals surface area contributed by atoms with Crippen molar-refractivity contribution >= 4 is 31.6 Å². The molecule has 0 fully saturated rings. The molecule has 0 amide bonds. The molecule has 0 saturated carbocycles. The lowest BCUT2D eigenvalue weighted by atomic mass is 9.92. The Morgan fingerprint density at radius 3 is 2.52 bits per heavy atom. The van der Waals surface area contributed by atoms with Gasteiger partial charge in [-0.05, 0) is 77.0 Å². The van der Waals surface area contributed by atoms with Crippen LogP contribution in [0, 0.1) is 0 Å². The van der Waals surface area contributed by atoms with Crippen LogP contribution in [0.15, 0.2) is 46.0 Å². The fourth-order valence-electron chi connectivity index (χ4n) is 2.53. The molecule has 110 valence electrons. The maximum absolute atomic E-state index is 12.4. The van der Waals surface area contributed by atoms with Crippen molar-refractivity contribution in [1.29, 1.82) is 0 Å². The number of sulfonamides is 1. The van der Waals surface area contributed by atoms with Crippen molar-refractivity contribution in [2.45, 2.75) is 30.6 Å². The summed E-state index contributed by atoms with van der Waals surface area (Å²) in [6.07, 6.45) is 5.79. The second-order valence-corrected chi connectivity index (χ2v) is 7.61. The number of fused-ring (bicyclic) bond motifs is 1. The molecule has 1 aliphatic rings. The first-order valence-corrected chi connectivity index (χ1v) is 9.08. The number of nitrogens with one attached hydrogen (secondary N) is 1. The Bertz CT molecular complexity index is 758. The van der Waals surface area contributed by atoms with Gasteiger partial charge < -0.3 is 0 Å². The molecule has 1 heterocycles. The fourth-order valence-corrected chi connectivity index (χ4v) is 3.86. The molecule has 3 rings (SSSR count). The topological polar surface area (TPSA) is 59.1 Å². The van der Waals surface area contributed by atoms with Gasteiger partial charge in [0.1, 0.15) is 4.60 Å². The number of rotatable bonds is 3. The summed E-state index contributed by atoms with van der Waals surface area (Å²) < 4.78 is 28.1. The van der Waals surface area contributed by atoms with Crippen molar-refractivity contribution < 1.29 is 8.42 Å². The standard InChI is InChI=1S/C15H15BrN2O2S/c16-15-8-6-13(10-17-15)18-21(19,20)14-7-5-11-3-1-2-4-12(11)9-14/h5-10,18H,1-4H2. The summed E-state index contributed by atoms with van der Waals surface area (Å²) in [5.74, 6) is 0. The molecule has 0 saturated heterocycles. The van der Waals surface area contributed by atoms with E-state index in [9.17, 15) is 8.42 Å². The predicted octanol–water partition coefficient (Wildman–Crippen LogP) is 3.52. The second-order valence-electron chi connectivity index (χ2n) is 5.11. The molecule has 1 aromatic carbocycles. The molecule has 0 bridgehead atoms. The summed E-state index contributed by atoms with van der Waals surface area (Å²) in [5.41, 5.74) is 2.87. The number of aromatic nitrogens is 1. The molecule has 0 radical (unpaired) electrons. The highest BCUT2D eigenvalue weighted by Gasteiger charge is 2.17. The second kappa shape index (κ2) is 5.77. The third kappa shape index (κ3) is 3.27. The van der Waals surface area contributed by atoms with Gasteiger partial charge in [0, 0.05) is 0 Å². The SMILES string of the molecule is O=S(=O)(Nc1ccc(Br)nc1)c1ccc2c(c1)CCCC2. The van der Waals surface area contributed by atoms with Crippen LogP contribution in [0.4, 0.5) is 5.69 Å². The molecular weight excluding hydrogens is 352 g/mol. The van der Waals surface area contributed by atoms with E-state index in [2.05, 4.69) is 25.6 Å². The van der Waals surface area contributed by atoms with Crippen molar-refractivity contribution in [2.75, 3.05) is 4.72 Å². The molecule has 4 nitrogen and oxygen atoms in total. The molecule has 6 heteroatoms. The molecule has 0 unspecified atom stereocenters. The predicted molar refractivity (Wildman–Crippen MR) is 85.8 cm³/mol. The number of anilines is 1. The fraction of sp³-hybridized carbons (Fsp3) is 0.267. The number of benzene rings is 1. The normalized spacial score (nSPS) is 14.5. The number of aryl methyl sites for hydroxylation is 2. The average molecular weight is 367 g/mol. The summed E-state index contributed by atoms with van der Waals surface area (Å²) in [4.78, 5) is 4.33. The monoisotopic (exact) mass is 366 g/mol. The third-order valence-corrected chi connectivity index (χ3v) is 5.46. The van der Waals surface area contributed by atoms with E-state index in [1.54, 1.807) is 24.3 Å². The molecule has 0 spiro atoms. The van der Waals surface area contributed by atoms with Gasteiger partial charge in [0.2, 0.25) is 0 Å². The number of halogens is 1. The Labute approximate surface area is 132 Å². The summed E-state index contributed by atoms with van der Waals surface area (Å²) >= 11 is 3.22. The smallest absolute Gasteiger partial charge is 0.261 e.